The first-order chi connectivity index (χ1) is 9.13. The number of rotatable bonds is 3. The van der Waals surface area contributed by atoms with Crippen LogP contribution in [0.15, 0.2) is 41.5 Å². The first-order valence-corrected chi connectivity index (χ1v) is 6.40. The quantitative estimate of drug-likeness (QED) is 0.854. The summed E-state index contributed by atoms with van der Waals surface area (Å²) < 4.78 is 0. The molecule has 1 aromatic carbocycles. The maximum Gasteiger partial charge on any atom is 0.124 e. The second kappa shape index (κ2) is 5.65. The molecule has 19 heavy (non-hydrogen) atoms. The second-order valence-corrected chi connectivity index (χ2v) is 4.47. The van der Waals surface area contributed by atoms with Gasteiger partial charge in [0.1, 0.15) is 5.75 Å². The van der Waals surface area contributed by atoms with Gasteiger partial charge < -0.3 is 5.11 Å². The van der Waals surface area contributed by atoms with Crippen molar-refractivity contribution in [1.29, 1.82) is 0 Å². The summed E-state index contributed by atoms with van der Waals surface area (Å²) in [6.45, 7) is 6.65. The van der Waals surface area contributed by atoms with Crippen molar-refractivity contribution in [1.82, 2.24) is 4.98 Å². The Bertz CT molecular complexity index is 618. The van der Waals surface area contributed by atoms with Gasteiger partial charge in [-0.15, -0.1) is 0 Å². The molecule has 2 rings (SSSR count). The topological polar surface area (TPSA) is 45.5 Å². The van der Waals surface area contributed by atoms with Crippen LogP contribution < -0.4 is 0 Å². The van der Waals surface area contributed by atoms with Crippen LogP contribution in [0.3, 0.4) is 0 Å². The van der Waals surface area contributed by atoms with Gasteiger partial charge in [0.25, 0.3) is 0 Å². The van der Waals surface area contributed by atoms with E-state index in [0.717, 1.165) is 28.1 Å². The van der Waals surface area contributed by atoms with Crippen molar-refractivity contribution in [3.63, 3.8) is 0 Å². The minimum atomic E-state index is 0.243. The van der Waals surface area contributed by atoms with E-state index in [1.165, 1.54) is 0 Å². The minimum absolute atomic E-state index is 0.243. The molecule has 0 bridgehead atoms. The summed E-state index contributed by atoms with van der Waals surface area (Å²) in [6.07, 6.45) is 1.81. The zero-order chi connectivity index (χ0) is 13.8. The largest absolute Gasteiger partial charge is 0.507 e. The van der Waals surface area contributed by atoms with Gasteiger partial charge in [0.2, 0.25) is 0 Å². The van der Waals surface area contributed by atoms with E-state index in [-0.39, 0.29) is 5.75 Å². The molecule has 0 amide bonds. The maximum absolute atomic E-state index is 9.99. The number of aromatic nitrogens is 1. The van der Waals surface area contributed by atoms with E-state index >= 15 is 0 Å². The van der Waals surface area contributed by atoms with E-state index in [2.05, 4.69) is 16.0 Å². The van der Waals surface area contributed by atoms with Crippen LogP contribution >= 0.6 is 0 Å². The van der Waals surface area contributed by atoms with E-state index in [4.69, 9.17) is 0 Å². The van der Waals surface area contributed by atoms with Gasteiger partial charge in [0.15, 0.2) is 0 Å². The normalized spacial score (nSPS) is 11.6. The van der Waals surface area contributed by atoms with Crippen molar-refractivity contribution in [2.45, 2.75) is 20.8 Å². The Hall–Kier alpha value is -2.16. The molecule has 0 spiro atoms. The SMILES string of the molecule is CCN=C(c1cnc(C)c(C)c1)c1ccccc1O. The molecule has 1 N–H and O–H groups in total. The van der Waals surface area contributed by atoms with Gasteiger partial charge in [-0.1, -0.05) is 12.1 Å². The number of aryl methyl sites for hydroxylation is 2. The number of benzene rings is 1. The number of para-hydroxylation sites is 1. The van der Waals surface area contributed by atoms with Gasteiger partial charge in [-0.25, -0.2) is 0 Å². The van der Waals surface area contributed by atoms with Gasteiger partial charge in [-0.05, 0) is 44.5 Å². The monoisotopic (exact) mass is 254 g/mol. The third-order valence-electron chi connectivity index (χ3n) is 3.09. The first kappa shape index (κ1) is 13.3. The van der Waals surface area contributed by atoms with Crippen molar-refractivity contribution < 1.29 is 5.11 Å². The third kappa shape index (κ3) is 2.81. The van der Waals surface area contributed by atoms with Gasteiger partial charge in [-0.3, -0.25) is 9.98 Å². The maximum atomic E-state index is 9.99. The van der Waals surface area contributed by atoms with Crippen LogP contribution in [0.4, 0.5) is 0 Å². The highest BCUT2D eigenvalue weighted by atomic mass is 16.3. The van der Waals surface area contributed by atoms with Gasteiger partial charge >= 0.3 is 0 Å². The zero-order valence-corrected chi connectivity index (χ0v) is 11.5. The third-order valence-corrected chi connectivity index (χ3v) is 3.09. The molecule has 1 aromatic heterocycles. The average Bonchev–Trinajstić information content (AvgIpc) is 2.40. The first-order valence-electron chi connectivity index (χ1n) is 6.40. The van der Waals surface area contributed by atoms with Crippen molar-refractivity contribution in [3.8, 4) is 5.75 Å². The number of phenols is 1. The molecule has 0 aliphatic heterocycles. The summed E-state index contributed by atoms with van der Waals surface area (Å²) in [7, 11) is 0. The fourth-order valence-corrected chi connectivity index (χ4v) is 1.94. The number of pyridine rings is 1. The predicted molar refractivity (Wildman–Crippen MR) is 78.0 cm³/mol. The molecule has 0 radical (unpaired) electrons. The van der Waals surface area contributed by atoms with Gasteiger partial charge in [0, 0.05) is 29.6 Å². The van der Waals surface area contributed by atoms with E-state index in [1.807, 2.05) is 39.1 Å². The molecule has 0 atom stereocenters. The van der Waals surface area contributed by atoms with Crippen LogP contribution in [0, 0.1) is 13.8 Å². The number of phenolic OH excluding ortho intramolecular Hbond substituents is 1. The molecule has 3 heteroatoms. The Kier molecular flexibility index (Phi) is 3.95. The molecular formula is C16H18N2O. The Morgan fingerprint density at radius 1 is 1.26 bits per heavy atom. The van der Waals surface area contributed by atoms with Crippen molar-refractivity contribution in [3.05, 3.63) is 58.9 Å². The van der Waals surface area contributed by atoms with Crippen LogP contribution in [0.2, 0.25) is 0 Å². The summed E-state index contributed by atoms with van der Waals surface area (Å²) in [6, 6.07) is 9.31. The lowest BCUT2D eigenvalue weighted by atomic mass is 10.0. The zero-order valence-electron chi connectivity index (χ0n) is 11.5. The molecule has 2 aromatic rings. The van der Waals surface area contributed by atoms with Gasteiger partial charge in [-0.2, -0.15) is 0 Å². The number of aromatic hydroxyl groups is 1. The second-order valence-electron chi connectivity index (χ2n) is 4.47. The van der Waals surface area contributed by atoms with Crippen molar-refractivity contribution in [2.75, 3.05) is 6.54 Å². The highest BCUT2D eigenvalue weighted by molar-refractivity contribution is 6.14. The van der Waals surface area contributed by atoms with Crippen LogP contribution in [0.1, 0.15) is 29.3 Å². The lowest BCUT2D eigenvalue weighted by molar-refractivity contribution is 0.474. The van der Waals surface area contributed by atoms with Crippen molar-refractivity contribution >= 4 is 5.71 Å². The Morgan fingerprint density at radius 2 is 2.00 bits per heavy atom. The van der Waals surface area contributed by atoms with Gasteiger partial charge in [0.05, 0.1) is 5.71 Å². The Balaban J connectivity index is 2.56. The summed E-state index contributed by atoms with van der Waals surface area (Å²) in [5.41, 5.74) is 4.60. The van der Waals surface area contributed by atoms with E-state index < -0.39 is 0 Å². The lowest BCUT2D eigenvalue weighted by Gasteiger charge is -2.10. The number of hydrogen-bond donors (Lipinski definition) is 1. The minimum Gasteiger partial charge on any atom is -0.507 e. The Morgan fingerprint density at radius 3 is 2.63 bits per heavy atom. The molecule has 3 nitrogen and oxygen atoms in total. The van der Waals surface area contributed by atoms with Crippen LogP contribution in [-0.2, 0) is 0 Å². The molecule has 0 fully saturated rings. The summed E-state index contributed by atoms with van der Waals surface area (Å²) in [4.78, 5) is 8.89. The summed E-state index contributed by atoms with van der Waals surface area (Å²) >= 11 is 0. The Labute approximate surface area is 113 Å². The van der Waals surface area contributed by atoms with Crippen molar-refractivity contribution in [2.24, 2.45) is 4.99 Å². The highest BCUT2D eigenvalue weighted by Gasteiger charge is 2.11. The smallest absolute Gasteiger partial charge is 0.124 e. The lowest BCUT2D eigenvalue weighted by Crippen LogP contribution is -2.06. The fourth-order valence-electron chi connectivity index (χ4n) is 1.94. The van der Waals surface area contributed by atoms with Crippen LogP contribution in [-0.4, -0.2) is 22.3 Å². The van der Waals surface area contributed by atoms with Crippen LogP contribution in [0.25, 0.3) is 0 Å². The highest BCUT2D eigenvalue weighted by Crippen LogP contribution is 2.21. The van der Waals surface area contributed by atoms with E-state index in [9.17, 15) is 5.11 Å². The molecule has 0 saturated heterocycles. The average molecular weight is 254 g/mol. The predicted octanol–water partition coefficient (Wildman–Crippen LogP) is 3.26. The number of aliphatic imine (C=N–C) groups is 1. The molecule has 0 unspecified atom stereocenters. The summed E-state index contributed by atoms with van der Waals surface area (Å²) in [5.74, 6) is 0.243. The molecule has 0 aliphatic rings. The van der Waals surface area contributed by atoms with E-state index in [0.29, 0.717) is 6.54 Å². The molecule has 98 valence electrons. The van der Waals surface area contributed by atoms with E-state index in [1.54, 1.807) is 12.1 Å². The number of nitrogens with zero attached hydrogens (tertiary/aromatic N) is 2. The molecule has 0 saturated carbocycles. The molecule has 0 aliphatic carbocycles. The molecule has 1 heterocycles. The van der Waals surface area contributed by atoms with Crippen LogP contribution in [0.5, 0.6) is 5.75 Å². The standard InChI is InChI=1S/C16H18N2O/c1-4-17-16(14-7-5-6-8-15(14)19)13-9-11(2)12(3)18-10-13/h5-10,19H,4H2,1-3H3. The summed E-state index contributed by atoms with van der Waals surface area (Å²) in [5, 5.41) is 9.99. The molecular weight excluding hydrogens is 236 g/mol. The number of hydrogen-bond acceptors (Lipinski definition) is 3. The fraction of sp³-hybridized carbons (Fsp3) is 0.250.